The number of benzene rings is 1. The zero-order chi connectivity index (χ0) is 25.8. The fourth-order valence-corrected chi connectivity index (χ4v) is 4.95. The first-order chi connectivity index (χ1) is 17.4. The normalized spacial score (nSPS) is 16.1. The first-order valence-electron chi connectivity index (χ1n) is 12.2. The number of fused-ring (bicyclic) bond motifs is 1. The van der Waals surface area contributed by atoms with E-state index in [1.165, 1.54) is 26.7 Å². The molecule has 1 saturated carbocycles. The highest BCUT2D eigenvalue weighted by Crippen LogP contribution is 2.41. The molecule has 0 spiro atoms. The highest BCUT2D eigenvalue weighted by atomic mass is 19.1. The van der Waals surface area contributed by atoms with Gasteiger partial charge in [0.15, 0.2) is 28.9 Å². The van der Waals surface area contributed by atoms with Gasteiger partial charge in [-0.1, -0.05) is 25.8 Å². The number of ether oxygens (including phenoxy) is 2. The second-order valence-electron chi connectivity index (χ2n) is 9.22. The molecule has 192 valence electrons. The molecular formula is C27H31F2N3O4. The summed E-state index contributed by atoms with van der Waals surface area (Å²) in [6.07, 6.45) is 8.88. The molecule has 1 fully saturated rings. The molecule has 1 aliphatic carbocycles. The maximum absolute atomic E-state index is 15.4. The molecule has 36 heavy (non-hydrogen) atoms. The molecule has 1 aliphatic heterocycles. The number of aryl methyl sites for hydroxylation is 1. The molecule has 9 heteroatoms. The summed E-state index contributed by atoms with van der Waals surface area (Å²) in [4.78, 5) is 32.7. The van der Waals surface area contributed by atoms with Gasteiger partial charge in [0.2, 0.25) is 0 Å². The van der Waals surface area contributed by atoms with Gasteiger partial charge in [-0.25, -0.2) is 13.6 Å². The van der Waals surface area contributed by atoms with Crippen molar-refractivity contribution in [2.75, 3.05) is 30.6 Å². The van der Waals surface area contributed by atoms with Crippen LogP contribution in [0.2, 0.25) is 0 Å². The molecule has 0 bridgehead atoms. The minimum Gasteiger partial charge on any atom is -0.493 e. The summed E-state index contributed by atoms with van der Waals surface area (Å²) in [5.74, 6) is -2.20. The molecule has 2 aliphatic rings. The molecule has 1 aromatic heterocycles. The Bertz CT molecular complexity index is 1140. The first kappa shape index (κ1) is 25.6. The molecule has 2 amide bonds. The van der Waals surface area contributed by atoms with Gasteiger partial charge in [0, 0.05) is 36.5 Å². The summed E-state index contributed by atoms with van der Waals surface area (Å²) >= 11 is 0. The number of anilines is 2. The minimum absolute atomic E-state index is 0.0711. The monoisotopic (exact) mass is 499 g/mol. The van der Waals surface area contributed by atoms with Crippen molar-refractivity contribution in [2.45, 2.75) is 51.5 Å². The molecule has 0 radical (unpaired) electrons. The van der Waals surface area contributed by atoms with E-state index in [2.05, 4.69) is 11.6 Å². The maximum Gasteiger partial charge on any atom is 0.329 e. The van der Waals surface area contributed by atoms with Gasteiger partial charge in [0.25, 0.3) is 0 Å². The van der Waals surface area contributed by atoms with E-state index >= 15 is 8.78 Å². The Morgan fingerprint density at radius 3 is 2.42 bits per heavy atom. The maximum atomic E-state index is 15.4. The van der Waals surface area contributed by atoms with E-state index in [1.807, 2.05) is 6.07 Å². The van der Waals surface area contributed by atoms with Crippen LogP contribution in [0.25, 0.3) is 0 Å². The summed E-state index contributed by atoms with van der Waals surface area (Å²) in [5, 5.41) is 0. The van der Waals surface area contributed by atoms with Crippen molar-refractivity contribution in [1.82, 2.24) is 4.98 Å². The zero-order valence-electron chi connectivity index (χ0n) is 20.7. The van der Waals surface area contributed by atoms with Crippen LogP contribution >= 0.6 is 0 Å². The van der Waals surface area contributed by atoms with Crippen LogP contribution in [0.5, 0.6) is 11.5 Å². The van der Waals surface area contributed by atoms with E-state index in [1.54, 1.807) is 11.1 Å². The van der Waals surface area contributed by atoms with Crippen LogP contribution in [0.4, 0.5) is 25.0 Å². The van der Waals surface area contributed by atoms with Crippen molar-refractivity contribution in [1.29, 1.82) is 0 Å². The standard InChI is InChI=1S/C27H31F2N3O4/c1-4-20(33)11-10-19-12-21-18(14-30-19)16-32(27(34)31(21)15-17-8-6-5-7-9-17)26-24(28)22(35-2)13-23(36-3)25(26)29/h4,12-14,17H,1,5-11,15-16H2,2-3H3. The van der Waals surface area contributed by atoms with Crippen molar-refractivity contribution >= 4 is 23.2 Å². The molecule has 1 aromatic carbocycles. The average Bonchev–Trinajstić information content (AvgIpc) is 2.90. The number of allylic oxidation sites excluding steroid dienone is 1. The molecule has 0 N–H and O–H groups in total. The van der Waals surface area contributed by atoms with Gasteiger partial charge in [0.1, 0.15) is 5.69 Å². The highest BCUT2D eigenvalue weighted by molar-refractivity contribution is 6.06. The van der Waals surface area contributed by atoms with E-state index < -0.39 is 23.4 Å². The van der Waals surface area contributed by atoms with Crippen LogP contribution in [-0.2, 0) is 17.8 Å². The van der Waals surface area contributed by atoms with E-state index in [9.17, 15) is 9.59 Å². The van der Waals surface area contributed by atoms with Crippen molar-refractivity contribution < 1.29 is 27.8 Å². The van der Waals surface area contributed by atoms with Crippen molar-refractivity contribution in [2.24, 2.45) is 5.92 Å². The number of aromatic nitrogens is 1. The summed E-state index contributed by atoms with van der Waals surface area (Å²) < 4.78 is 40.9. The third-order valence-corrected chi connectivity index (χ3v) is 6.94. The lowest BCUT2D eigenvalue weighted by atomic mass is 9.88. The summed E-state index contributed by atoms with van der Waals surface area (Å²) in [6, 6.07) is 2.40. The molecule has 0 unspecified atom stereocenters. The number of carbonyl (C=O) groups is 2. The number of ketones is 1. The van der Waals surface area contributed by atoms with E-state index in [-0.39, 0.29) is 36.2 Å². The molecule has 2 heterocycles. The van der Waals surface area contributed by atoms with Crippen LogP contribution < -0.4 is 19.3 Å². The minimum atomic E-state index is -0.974. The van der Waals surface area contributed by atoms with Crippen LogP contribution in [0.1, 0.15) is 49.8 Å². The summed E-state index contributed by atoms with van der Waals surface area (Å²) in [6.45, 7) is 3.86. The fourth-order valence-electron chi connectivity index (χ4n) is 4.95. The lowest BCUT2D eigenvalue weighted by Gasteiger charge is -2.39. The topological polar surface area (TPSA) is 72.0 Å². The number of pyridine rings is 1. The second-order valence-corrected chi connectivity index (χ2v) is 9.22. The zero-order valence-corrected chi connectivity index (χ0v) is 20.7. The van der Waals surface area contributed by atoms with Gasteiger partial charge in [0.05, 0.1) is 26.5 Å². The van der Waals surface area contributed by atoms with Crippen LogP contribution in [0.3, 0.4) is 0 Å². The number of halogens is 2. The van der Waals surface area contributed by atoms with Gasteiger partial charge in [-0.2, -0.15) is 0 Å². The third kappa shape index (κ3) is 5.05. The van der Waals surface area contributed by atoms with E-state index in [0.29, 0.717) is 29.9 Å². The molecular weight excluding hydrogens is 468 g/mol. The van der Waals surface area contributed by atoms with E-state index in [4.69, 9.17) is 9.47 Å². The summed E-state index contributed by atoms with van der Waals surface area (Å²) in [7, 11) is 2.54. The Kier molecular flexibility index (Phi) is 7.86. The van der Waals surface area contributed by atoms with Crippen molar-refractivity contribution in [3.8, 4) is 11.5 Å². The van der Waals surface area contributed by atoms with Crippen LogP contribution in [0, 0.1) is 17.6 Å². The number of amides is 2. The number of hydrogen-bond acceptors (Lipinski definition) is 5. The Labute approximate surface area is 209 Å². The number of methoxy groups -OCH3 is 2. The Morgan fingerprint density at radius 1 is 1.14 bits per heavy atom. The lowest BCUT2D eigenvalue weighted by molar-refractivity contribution is -0.114. The van der Waals surface area contributed by atoms with Gasteiger partial charge >= 0.3 is 6.03 Å². The number of rotatable bonds is 9. The fraction of sp³-hybridized carbons (Fsp3) is 0.444. The third-order valence-electron chi connectivity index (χ3n) is 6.94. The molecule has 4 rings (SSSR count). The van der Waals surface area contributed by atoms with Gasteiger partial charge < -0.3 is 9.47 Å². The average molecular weight is 500 g/mol. The Balaban J connectivity index is 1.76. The number of urea groups is 1. The Morgan fingerprint density at radius 2 is 1.81 bits per heavy atom. The predicted octanol–water partition coefficient (Wildman–Crippen LogP) is 5.59. The second kappa shape index (κ2) is 11.1. The van der Waals surface area contributed by atoms with Crippen molar-refractivity contribution in [3.63, 3.8) is 0 Å². The smallest absolute Gasteiger partial charge is 0.329 e. The van der Waals surface area contributed by atoms with Gasteiger partial charge in [-0.15, -0.1) is 0 Å². The first-order valence-corrected chi connectivity index (χ1v) is 12.2. The summed E-state index contributed by atoms with van der Waals surface area (Å²) in [5.41, 5.74) is 1.47. The number of hydrogen-bond donors (Lipinski definition) is 0. The predicted molar refractivity (Wildman–Crippen MR) is 133 cm³/mol. The molecule has 0 saturated heterocycles. The van der Waals surface area contributed by atoms with Crippen LogP contribution in [-0.4, -0.2) is 37.6 Å². The van der Waals surface area contributed by atoms with E-state index in [0.717, 1.165) is 36.6 Å². The Hall–Kier alpha value is -3.49. The highest BCUT2D eigenvalue weighted by Gasteiger charge is 2.37. The lowest BCUT2D eigenvalue weighted by Crippen LogP contribution is -2.50. The van der Waals surface area contributed by atoms with Crippen LogP contribution in [0.15, 0.2) is 31.0 Å². The molecule has 0 atom stereocenters. The number of nitrogens with zero attached hydrogens (tertiary/aromatic N) is 3. The van der Waals surface area contributed by atoms with Gasteiger partial charge in [-0.05, 0) is 37.3 Å². The van der Waals surface area contributed by atoms with Gasteiger partial charge in [-0.3, -0.25) is 19.6 Å². The molecule has 7 nitrogen and oxygen atoms in total. The SMILES string of the molecule is C=CC(=O)CCc1cc2c(cn1)CN(c1c(F)c(OC)cc(OC)c1F)C(=O)N2CC1CCCCC1. The molecule has 2 aromatic rings. The quantitative estimate of drug-likeness (QED) is 0.421. The number of carbonyl (C=O) groups excluding carboxylic acids is 2. The largest absolute Gasteiger partial charge is 0.493 e. The van der Waals surface area contributed by atoms with Crippen molar-refractivity contribution in [3.05, 3.63) is 53.9 Å².